The first-order valence-electron chi connectivity index (χ1n) is 9.09. The molecular formula is C20H26Cl2N2O3. The molecule has 0 aromatic carbocycles. The number of hydrogen-bond acceptors (Lipinski definition) is 5. The molecule has 5 nitrogen and oxygen atoms in total. The molecule has 4 rings (SSSR count). The number of pyridine rings is 2. The Labute approximate surface area is 171 Å². The van der Waals surface area contributed by atoms with E-state index in [9.17, 15) is 0 Å². The monoisotopic (exact) mass is 412 g/mol. The average Bonchev–Trinajstić information content (AvgIpc) is 3.60. The van der Waals surface area contributed by atoms with Crippen LogP contribution >= 0.6 is 24.0 Å². The largest absolute Gasteiger partial charge is 0.493 e. The van der Waals surface area contributed by atoms with Crippen LogP contribution in [0, 0.1) is 11.8 Å². The standard InChI is InChI=1S/C10H12ClNO.C10H13NO2.ClH/c11-6-9-5-10(3-4-12-9)13-7-8-1-2-8;12-6-9-5-10(3-4-11-9)13-7-8-1-2-8;/h3-5,8H,1-2,6-7H2;3-5,8,12H,1-2,6-7H2;1H. The van der Waals surface area contributed by atoms with Gasteiger partial charge in [0, 0.05) is 24.5 Å². The summed E-state index contributed by atoms with van der Waals surface area (Å²) < 4.78 is 11.1. The van der Waals surface area contributed by atoms with E-state index in [1.165, 1.54) is 25.7 Å². The molecule has 2 aliphatic carbocycles. The molecule has 0 atom stereocenters. The van der Waals surface area contributed by atoms with E-state index in [0.29, 0.717) is 11.6 Å². The highest BCUT2D eigenvalue weighted by Gasteiger charge is 2.22. The van der Waals surface area contributed by atoms with E-state index in [1.54, 1.807) is 18.5 Å². The van der Waals surface area contributed by atoms with Crippen molar-refractivity contribution in [2.45, 2.75) is 38.2 Å². The predicted octanol–water partition coefficient (Wildman–Crippen LogP) is 4.39. The molecule has 1 N–H and O–H groups in total. The maximum absolute atomic E-state index is 8.83. The molecule has 0 amide bonds. The first-order chi connectivity index (χ1) is 12.8. The van der Waals surface area contributed by atoms with Gasteiger partial charge in [-0.1, -0.05) is 0 Å². The third-order valence-electron chi connectivity index (χ3n) is 4.24. The lowest BCUT2D eigenvalue weighted by Gasteiger charge is -2.05. The van der Waals surface area contributed by atoms with Gasteiger partial charge in [0.1, 0.15) is 11.5 Å². The van der Waals surface area contributed by atoms with Crippen LogP contribution < -0.4 is 9.47 Å². The van der Waals surface area contributed by atoms with E-state index in [2.05, 4.69) is 9.97 Å². The molecule has 0 radical (unpaired) electrons. The Balaban J connectivity index is 0.000000187. The van der Waals surface area contributed by atoms with Gasteiger partial charge in [-0.05, 0) is 49.7 Å². The van der Waals surface area contributed by atoms with Crippen LogP contribution in [-0.2, 0) is 12.5 Å². The highest BCUT2D eigenvalue weighted by Crippen LogP contribution is 2.30. The Kier molecular flexibility index (Phi) is 9.11. The van der Waals surface area contributed by atoms with Gasteiger partial charge < -0.3 is 14.6 Å². The summed E-state index contributed by atoms with van der Waals surface area (Å²) in [4.78, 5) is 8.06. The van der Waals surface area contributed by atoms with Gasteiger partial charge in [-0.15, -0.1) is 24.0 Å². The zero-order valence-corrected chi connectivity index (χ0v) is 16.8. The number of alkyl halides is 1. The SMILES string of the molecule is Cl.ClCc1cc(OCC2CC2)ccn1.OCc1cc(OCC2CC2)ccn1. The van der Waals surface area contributed by atoms with Crippen LogP contribution in [0.5, 0.6) is 11.5 Å². The molecule has 2 aromatic rings. The van der Waals surface area contributed by atoms with Crippen LogP contribution in [0.1, 0.15) is 37.1 Å². The van der Waals surface area contributed by atoms with Crippen molar-refractivity contribution in [1.29, 1.82) is 0 Å². The average molecular weight is 413 g/mol. The van der Waals surface area contributed by atoms with Gasteiger partial charge >= 0.3 is 0 Å². The summed E-state index contributed by atoms with van der Waals surface area (Å²) in [5.74, 6) is 3.68. The van der Waals surface area contributed by atoms with Crippen LogP contribution in [0.2, 0.25) is 0 Å². The van der Waals surface area contributed by atoms with Crippen molar-refractivity contribution in [3.05, 3.63) is 48.0 Å². The fourth-order valence-corrected chi connectivity index (χ4v) is 2.39. The normalized spacial score (nSPS) is 15.2. The number of aromatic nitrogens is 2. The molecule has 0 aliphatic heterocycles. The van der Waals surface area contributed by atoms with Gasteiger partial charge in [-0.2, -0.15) is 0 Å². The van der Waals surface area contributed by atoms with Crippen molar-refractivity contribution in [2.24, 2.45) is 11.8 Å². The summed E-state index contributed by atoms with van der Waals surface area (Å²) in [5.41, 5.74) is 1.53. The van der Waals surface area contributed by atoms with E-state index in [0.717, 1.165) is 42.2 Å². The molecule has 0 bridgehead atoms. The third kappa shape index (κ3) is 8.33. The quantitative estimate of drug-likeness (QED) is 0.651. The van der Waals surface area contributed by atoms with Gasteiger partial charge in [0.15, 0.2) is 0 Å². The molecule has 2 aromatic heterocycles. The van der Waals surface area contributed by atoms with Crippen molar-refractivity contribution >= 4 is 24.0 Å². The molecule has 2 aliphatic rings. The fourth-order valence-electron chi connectivity index (χ4n) is 2.25. The molecule has 2 fully saturated rings. The van der Waals surface area contributed by atoms with Crippen molar-refractivity contribution < 1.29 is 14.6 Å². The predicted molar refractivity (Wildman–Crippen MR) is 108 cm³/mol. The van der Waals surface area contributed by atoms with Crippen LogP contribution in [0.4, 0.5) is 0 Å². The minimum absolute atomic E-state index is 0. The number of halogens is 2. The van der Waals surface area contributed by atoms with Crippen molar-refractivity contribution in [3.63, 3.8) is 0 Å². The summed E-state index contributed by atoms with van der Waals surface area (Å²) in [5, 5.41) is 8.83. The summed E-state index contributed by atoms with van der Waals surface area (Å²) in [6.07, 6.45) is 8.60. The lowest BCUT2D eigenvalue weighted by molar-refractivity contribution is 0.272. The van der Waals surface area contributed by atoms with Crippen molar-refractivity contribution in [3.8, 4) is 11.5 Å². The fraction of sp³-hybridized carbons (Fsp3) is 0.500. The summed E-state index contributed by atoms with van der Waals surface area (Å²) >= 11 is 5.66. The maximum Gasteiger partial charge on any atom is 0.122 e. The Hall–Kier alpha value is -1.56. The topological polar surface area (TPSA) is 64.5 Å². The van der Waals surface area contributed by atoms with Crippen LogP contribution in [0.3, 0.4) is 0 Å². The summed E-state index contributed by atoms with van der Waals surface area (Å²) in [6, 6.07) is 7.37. The molecule has 2 saturated carbocycles. The molecule has 2 heterocycles. The van der Waals surface area contributed by atoms with Crippen molar-refractivity contribution in [1.82, 2.24) is 9.97 Å². The van der Waals surface area contributed by atoms with E-state index in [1.807, 2.05) is 18.2 Å². The van der Waals surface area contributed by atoms with Crippen LogP contribution in [-0.4, -0.2) is 28.3 Å². The lowest BCUT2D eigenvalue weighted by Crippen LogP contribution is -2.00. The van der Waals surface area contributed by atoms with Crippen LogP contribution in [0.25, 0.3) is 0 Å². The van der Waals surface area contributed by atoms with E-state index in [4.69, 9.17) is 26.2 Å². The number of ether oxygens (including phenoxy) is 2. The van der Waals surface area contributed by atoms with E-state index < -0.39 is 0 Å². The van der Waals surface area contributed by atoms with Crippen LogP contribution in [0.15, 0.2) is 36.7 Å². The summed E-state index contributed by atoms with van der Waals surface area (Å²) in [6.45, 7) is 1.61. The van der Waals surface area contributed by atoms with Gasteiger partial charge in [0.2, 0.25) is 0 Å². The first kappa shape index (κ1) is 21.7. The zero-order valence-electron chi connectivity index (χ0n) is 15.2. The highest BCUT2D eigenvalue weighted by atomic mass is 35.5. The second-order valence-corrected chi connectivity index (χ2v) is 7.03. The van der Waals surface area contributed by atoms with Crippen molar-refractivity contribution in [2.75, 3.05) is 13.2 Å². The molecule has 7 heteroatoms. The van der Waals surface area contributed by atoms with Gasteiger partial charge in [-0.25, -0.2) is 0 Å². The Bertz CT molecular complexity index is 635. The Morgan fingerprint density at radius 3 is 1.81 bits per heavy atom. The molecule has 148 valence electrons. The second-order valence-electron chi connectivity index (χ2n) is 6.77. The second kappa shape index (κ2) is 11.3. The Morgan fingerprint density at radius 2 is 1.37 bits per heavy atom. The number of aliphatic hydroxyl groups is 1. The molecule has 0 saturated heterocycles. The number of hydrogen-bond donors (Lipinski definition) is 1. The highest BCUT2D eigenvalue weighted by molar-refractivity contribution is 6.16. The molecule has 27 heavy (non-hydrogen) atoms. The maximum atomic E-state index is 8.83. The number of rotatable bonds is 8. The minimum Gasteiger partial charge on any atom is -0.493 e. The van der Waals surface area contributed by atoms with Gasteiger partial charge in [0.05, 0.1) is 37.1 Å². The molecular weight excluding hydrogens is 387 g/mol. The summed E-state index contributed by atoms with van der Waals surface area (Å²) in [7, 11) is 0. The van der Waals surface area contributed by atoms with E-state index in [-0.39, 0.29) is 19.0 Å². The van der Waals surface area contributed by atoms with Gasteiger partial charge in [-0.3, -0.25) is 9.97 Å². The molecule has 0 unspecified atom stereocenters. The first-order valence-corrected chi connectivity index (χ1v) is 9.62. The third-order valence-corrected chi connectivity index (χ3v) is 4.51. The number of nitrogens with zero attached hydrogens (tertiary/aromatic N) is 2. The zero-order chi connectivity index (χ0) is 18.2. The Morgan fingerprint density at radius 1 is 0.889 bits per heavy atom. The van der Waals surface area contributed by atoms with E-state index >= 15 is 0 Å². The minimum atomic E-state index is -0.0272. The smallest absolute Gasteiger partial charge is 0.122 e. The lowest BCUT2D eigenvalue weighted by atomic mass is 10.3. The van der Waals surface area contributed by atoms with Gasteiger partial charge in [0.25, 0.3) is 0 Å². The number of aliphatic hydroxyl groups excluding tert-OH is 1. The molecule has 0 spiro atoms.